The van der Waals surface area contributed by atoms with Crippen LogP contribution in [0.3, 0.4) is 0 Å². The van der Waals surface area contributed by atoms with E-state index in [1.165, 1.54) is 15.6 Å². The molecule has 1 amide bonds. The molecule has 1 aromatic carbocycles. The molecule has 0 unspecified atom stereocenters. The lowest BCUT2D eigenvalue weighted by Crippen LogP contribution is -2.36. The molecule has 3 nitrogen and oxygen atoms in total. The molecule has 2 rings (SSSR count). The van der Waals surface area contributed by atoms with Crippen molar-refractivity contribution < 1.29 is 4.79 Å². The highest BCUT2D eigenvalue weighted by Gasteiger charge is 2.15. The number of amides is 1. The second-order valence-electron chi connectivity index (χ2n) is 4.96. The van der Waals surface area contributed by atoms with Gasteiger partial charge in [-0.1, -0.05) is 24.6 Å². The Balaban J connectivity index is 0.00000200. The van der Waals surface area contributed by atoms with Crippen molar-refractivity contribution in [1.82, 2.24) is 10.2 Å². The van der Waals surface area contributed by atoms with Crippen molar-refractivity contribution in [2.24, 2.45) is 0 Å². The third-order valence-electron chi connectivity index (χ3n) is 3.50. The average molecular weight is 409 g/mol. The largest absolute Gasteiger partial charge is 0.341 e. The van der Waals surface area contributed by atoms with Crippen LogP contribution in [0.5, 0.6) is 0 Å². The molecule has 1 aliphatic heterocycles. The molecular formula is C15H22ClIN2O. The summed E-state index contributed by atoms with van der Waals surface area (Å²) in [6.45, 7) is 3.52. The van der Waals surface area contributed by atoms with Gasteiger partial charge in [0.2, 0.25) is 5.91 Å². The van der Waals surface area contributed by atoms with Gasteiger partial charge in [-0.2, -0.15) is 0 Å². The van der Waals surface area contributed by atoms with Crippen LogP contribution in [0.1, 0.15) is 31.2 Å². The van der Waals surface area contributed by atoms with Gasteiger partial charge in [-0.3, -0.25) is 4.79 Å². The van der Waals surface area contributed by atoms with Gasteiger partial charge in [0.15, 0.2) is 0 Å². The van der Waals surface area contributed by atoms with Crippen LogP contribution in [0.15, 0.2) is 24.3 Å². The van der Waals surface area contributed by atoms with Crippen molar-refractivity contribution in [3.05, 3.63) is 33.4 Å². The van der Waals surface area contributed by atoms with E-state index in [0.717, 1.165) is 45.4 Å². The van der Waals surface area contributed by atoms with Crippen LogP contribution in [0.25, 0.3) is 0 Å². The highest BCUT2D eigenvalue weighted by atomic mass is 127. The number of hydrogen-bond donors (Lipinski definition) is 1. The van der Waals surface area contributed by atoms with Crippen molar-refractivity contribution >= 4 is 40.9 Å². The van der Waals surface area contributed by atoms with Crippen molar-refractivity contribution in [1.29, 1.82) is 0 Å². The first kappa shape index (κ1) is 17.7. The van der Waals surface area contributed by atoms with E-state index in [4.69, 9.17) is 0 Å². The Morgan fingerprint density at radius 3 is 2.80 bits per heavy atom. The van der Waals surface area contributed by atoms with Gasteiger partial charge in [-0.25, -0.2) is 0 Å². The molecule has 0 radical (unpaired) electrons. The fourth-order valence-corrected chi connectivity index (χ4v) is 2.93. The number of hydrogen-bond acceptors (Lipinski definition) is 2. The number of halogens is 2. The predicted molar refractivity (Wildman–Crippen MR) is 93.2 cm³/mol. The highest BCUT2D eigenvalue weighted by molar-refractivity contribution is 14.1. The molecule has 20 heavy (non-hydrogen) atoms. The summed E-state index contributed by atoms with van der Waals surface area (Å²) in [5.74, 6) is 0.327. The summed E-state index contributed by atoms with van der Waals surface area (Å²) in [6.07, 6.45) is 4.14. The monoisotopic (exact) mass is 408 g/mol. The minimum absolute atomic E-state index is 0. The fraction of sp³-hybridized carbons (Fsp3) is 0.533. The molecule has 0 bridgehead atoms. The number of likely N-dealkylation sites (tertiary alicyclic amines) is 1. The van der Waals surface area contributed by atoms with Crippen molar-refractivity contribution in [3.8, 4) is 0 Å². The fourth-order valence-electron chi connectivity index (χ4n) is 2.35. The summed E-state index contributed by atoms with van der Waals surface area (Å²) < 4.78 is 1.29. The standard InChI is InChI=1S/C15H21IN2O.ClH/c16-14-7-4-3-6-13(14)12-17-9-11-18-10-5-1-2-8-15(18)19;/h3-4,6-7,17H,1-2,5,8-12H2;1H. The van der Waals surface area contributed by atoms with Gasteiger partial charge in [0.05, 0.1) is 0 Å². The molecule has 1 saturated heterocycles. The molecule has 1 N–H and O–H groups in total. The highest BCUT2D eigenvalue weighted by Crippen LogP contribution is 2.12. The number of nitrogens with zero attached hydrogens (tertiary/aromatic N) is 1. The molecule has 5 heteroatoms. The van der Waals surface area contributed by atoms with Crippen LogP contribution in [0.2, 0.25) is 0 Å². The number of carbonyl (C=O) groups excluding carboxylic acids is 1. The van der Waals surface area contributed by atoms with Crippen LogP contribution in [-0.4, -0.2) is 30.4 Å². The van der Waals surface area contributed by atoms with E-state index in [2.05, 4.69) is 52.2 Å². The van der Waals surface area contributed by atoms with Gasteiger partial charge in [-0.05, 0) is 47.1 Å². The normalized spacial score (nSPS) is 15.7. The first-order valence-electron chi connectivity index (χ1n) is 6.99. The Kier molecular flexibility index (Phi) is 8.49. The zero-order chi connectivity index (χ0) is 13.5. The molecular weight excluding hydrogens is 387 g/mol. The van der Waals surface area contributed by atoms with Crippen LogP contribution < -0.4 is 5.32 Å². The van der Waals surface area contributed by atoms with Gasteiger partial charge in [0.25, 0.3) is 0 Å². The number of nitrogens with one attached hydrogen (secondary N) is 1. The maximum atomic E-state index is 11.8. The third-order valence-corrected chi connectivity index (χ3v) is 4.56. The molecule has 1 aromatic rings. The van der Waals surface area contributed by atoms with Gasteiger partial charge in [0, 0.05) is 36.2 Å². The summed E-state index contributed by atoms with van der Waals surface area (Å²) in [4.78, 5) is 13.8. The Hall–Kier alpha value is -0.330. The molecule has 0 spiro atoms. The summed E-state index contributed by atoms with van der Waals surface area (Å²) in [6, 6.07) is 8.39. The lowest BCUT2D eigenvalue weighted by Gasteiger charge is -2.20. The van der Waals surface area contributed by atoms with Gasteiger partial charge >= 0.3 is 0 Å². The molecule has 1 fully saturated rings. The third kappa shape index (κ3) is 5.58. The maximum absolute atomic E-state index is 11.8. The second kappa shape index (κ2) is 9.58. The molecule has 112 valence electrons. The zero-order valence-corrected chi connectivity index (χ0v) is 14.6. The van der Waals surface area contributed by atoms with Gasteiger partial charge in [0.1, 0.15) is 0 Å². The molecule has 0 aromatic heterocycles. The first-order chi connectivity index (χ1) is 9.27. The first-order valence-corrected chi connectivity index (χ1v) is 8.07. The van der Waals surface area contributed by atoms with Crippen molar-refractivity contribution in [2.45, 2.75) is 32.2 Å². The Bertz CT molecular complexity index is 428. The summed E-state index contributed by atoms with van der Waals surface area (Å²) >= 11 is 2.36. The summed E-state index contributed by atoms with van der Waals surface area (Å²) in [7, 11) is 0. The lowest BCUT2D eigenvalue weighted by molar-refractivity contribution is -0.130. The number of rotatable bonds is 5. The molecule has 1 heterocycles. The summed E-state index contributed by atoms with van der Waals surface area (Å²) in [5.41, 5.74) is 1.32. The smallest absolute Gasteiger partial charge is 0.222 e. The molecule has 0 saturated carbocycles. The van der Waals surface area contributed by atoms with Crippen molar-refractivity contribution in [3.63, 3.8) is 0 Å². The average Bonchev–Trinajstić information content (AvgIpc) is 2.62. The predicted octanol–water partition coefficient (Wildman–Crippen LogP) is 3.21. The number of carbonyl (C=O) groups is 1. The van der Waals surface area contributed by atoms with Gasteiger partial charge < -0.3 is 10.2 Å². The quantitative estimate of drug-likeness (QED) is 0.599. The van der Waals surface area contributed by atoms with E-state index >= 15 is 0 Å². The van der Waals surface area contributed by atoms with Crippen LogP contribution in [0.4, 0.5) is 0 Å². The lowest BCUT2D eigenvalue weighted by atomic mass is 10.2. The van der Waals surface area contributed by atoms with E-state index in [9.17, 15) is 4.79 Å². The Morgan fingerprint density at radius 2 is 2.00 bits per heavy atom. The minimum atomic E-state index is 0. The van der Waals surface area contributed by atoms with Crippen LogP contribution in [-0.2, 0) is 11.3 Å². The molecule has 0 aliphatic carbocycles. The van der Waals surface area contributed by atoms with E-state index < -0.39 is 0 Å². The SMILES string of the molecule is Cl.O=C1CCCCCN1CCNCc1ccccc1I. The Morgan fingerprint density at radius 1 is 1.20 bits per heavy atom. The number of benzene rings is 1. The minimum Gasteiger partial charge on any atom is -0.341 e. The van der Waals surface area contributed by atoms with Gasteiger partial charge in [-0.15, -0.1) is 12.4 Å². The molecule has 0 atom stereocenters. The van der Waals surface area contributed by atoms with Crippen LogP contribution >= 0.6 is 35.0 Å². The molecule has 1 aliphatic rings. The maximum Gasteiger partial charge on any atom is 0.222 e. The Labute approximate surface area is 141 Å². The summed E-state index contributed by atoms with van der Waals surface area (Å²) in [5, 5.41) is 3.43. The zero-order valence-electron chi connectivity index (χ0n) is 11.6. The van der Waals surface area contributed by atoms with E-state index in [1.54, 1.807) is 0 Å². The van der Waals surface area contributed by atoms with E-state index in [-0.39, 0.29) is 12.4 Å². The van der Waals surface area contributed by atoms with Crippen molar-refractivity contribution in [2.75, 3.05) is 19.6 Å². The van der Waals surface area contributed by atoms with Crippen LogP contribution in [0, 0.1) is 3.57 Å². The topological polar surface area (TPSA) is 32.3 Å². The van der Waals surface area contributed by atoms with E-state index in [1.807, 2.05) is 4.90 Å². The van der Waals surface area contributed by atoms with E-state index in [0.29, 0.717) is 5.91 Å². The second-order valence-corrected chi connectivity index (χ2v) is 6.12.